The average Bonchev–Trinajstić information content (AvgIpc) is 2.30. The summed E-state index contributed by atoms with van der Waals surface area (Å²) >= 11 is 6.79. The van der Waals surface area contributed by atoms with E-state index in [2.05, 4.69) is 36.9 Å². The topological polar surface area (TPSA) is 12.4 Å². The van der Waals surface area contributed by atoms with Crippen LogP contribution in [0.5, 0.6) is 0 Å². The molecule has 16 heavy (non-hydrogen) atoms. The van der Waals surface area contributed by atoms with E-state index in [1.54, 1.807) is 0 Å². The number of hydrogen-bond acceptors (Lipinski definition) is 1. The molecule has 0 bridgehead atoms. The fourth-order valence-corrected chi connectivity index (χ4v) is 1.75. The quantitative estimate of drug-likeness (QED) is 0.686. The molecule has 0 saturated carbocycles. The Kier molecular flexibility index (Phi) is 3.91. The summed E-state index contributed by atoms with van der Waals surface area (Å²) < 4.78 is 2.14. The largest absolute Gasteiger partial charge is 0.256 e. The Morgan fingerprint density at radius 3 is 1.81 bits per heavy atom. The van der Waals surface area contributed by atoms with Gasteiger partial charge < -0.3 is 0 Å². The van der Waals surface area contributed by atoms with Gasteiger partial charge in [-0.05, 0) is 42.0 Å². The molecule has 0 heterocycles. The van der Waals surface area contributed by atoms with Crippen molar-refractivity contribution in [3.63, 3.8) is 0 Å². The van der Waals surface area contributed by atoms with E-state index in [-0.39, 0.29) is 0 Å². The van der Waals surface area contributed by atoms with Crippen LogP contribution in [-0.2, 0) is 0 Å². The second-order valence-corrected chi connectivity index (χ2v) is 5.12. The van der Waals surface area contributed by atoms with Gasteiger partial charge in [0.15, 0.2) is 0 Å². The molecule has 2 aromatic carbocycles. The van der Waals surface area contributed by atoms with Crippen LogP contribution in [-0.4, -0.2) is 6.21 Å². The molecule has 80 valence electrons. The molecule has 1 nitrogen and oxygen atoms in total. The van der Waals surface area contributed by atoms with Gasteiger partial charge in [-0.25, -0.2) is 0 Å². The van der Waals surface area contributed by atoms with Gasteiger partial charge in [0.1, 0.15) is 0 Å². The molecular formula is C13H9Br2N. The molecule has 0 aliphatic rings. The minimum atomic E-state index is 0.950. The predicted octanol–water partition coefficient (Wildman–Crippen LogP) is 4.96. The number of rotatable bonds is 2. The van der Waals surface area contributed by atoms with Crippen LogP contribution in [0.2, 0.25) is 0 Å². The van der Waals surface area contributed by atoms with Crippen molar-refractivity contribution in [1.29, 1.82) is 0 Å². The van der Waals surface area contributed by atoms with Crippen LogP contribution in [0, 0.1) is 0 Å². The molecule has 0 amide bonds. The van der Waals surface area contributed by atoms with Gasteiger partial charge in [0.25, 0.3) is 0 Å². The first-order valence-electron chi connectivity index (χ1n) is 4.79. The van der Waals surface area contributed by atoms with Crippen molar-refractivity contribution in [2.24, 2.45) is 4.99 Å². The lowest BCUT2D eigenvalue weighted by molar-refractivity contribution is 1.51. The van der Waals surface area contributed by atoms with Gasteiger partial charge in [0.05, 0.1) is 5.69 Å². The Morgan fingerprint density at radius 1 is 0.750 bits per heavy atom. The Morgan fingerprint density at radius 2 is 1.25 bits per heavy atom. The number of hydrogen-bond donors (Lipinski definition) is 0. The second-order valence-electron chi connectivity index (χ2n) is 3.29. The maximum absolute atomic E-state index is 4.39. The fourth-order valence-electron chi connectivity index (χ4n) is 1.23. The van der Waals surface area contributed by atoms with E-state index in [9.17, 15) is 0 Å². The van der Waals surface area contributed by atoms with Crippen LogP contribution in [0.25, 0.3) is 0 Å². The minimum absolute atomic E-state index is 0.950. The third-order valence-electron chi connectivity index (χ3n) is 2.06. The highest BCUT2D eigenvalue weighted by Crippen LogP contribution is 2.17. The van der Waals surface area contributed by atoms with Crippen LogP contribution < -0.4 is 0 Å². The zero-order valence-corrected chi connectivity index (χ0v) is 11.6. The molecule has 0 aliphatic carbocycles. The highest BCUT2D eigenvalue weighted by atomic mass is 79.9. The summed E-state index contributed by atoms with van der Waals surface area (Å²) in [6.07, 6.45) is 1.86. The lowest BCUT2D eigenvalue weighted by Gasteiger charge is -1.95. The van der Waals surface area contributed by atoms with Crippen molar-refractivity contribution >= 4 is 43.8 Å². The summed E-state index contributed by atoms with van der Waals surface area (Å²) in [4.78, 5) is 4.39. The third-order valence-corrected chi connectivity index (χ3v) is 3.12. The lowest BCUT2D eigenvalue weighted by Crippen LogP contribution is -1.78. The van der Waals surface area contributed by atoms with Crippen molar-refractivity contribution in [1.82, 2.24) is 0 Å². The molecule has 0 fully saturated rings. The Balaban J connectivity index is 2.15. The zero-order valence-electron chi connectivity index (χ0n) is 8.40. The van der Waals surface area contributed by atoms with Gasteiger partial charge in [0, 0.05) is 15.2 Å². The zero-order chi connectivity index (χ0) is 11.4. The molecule has 0 aliphatic heterocycles. The summed E-state index contributed by atoms with van der Waals surface area (Å²) in [6, 6.07) is 16.0. The van der Waals surface area contributed by atoms with Gasteiger partial charge in [-0.1, -0.05) is 44.0 Å². The fraction of sp³-hybridized carbons (Fsp3) is 0. The summed E-state index contributed by atoms with van der Waals surface area (Å²) in [5, 5.41) is 0. The smallest absolute Gasteiger partial charge is 0.0630 e. The molecule has 3 heteroatoms. The minimum Gasteiger partial charge on any atom is -0.256 e. The highest BCUT2D eigenvalue weighted by molar-refractivity contribution is 9.10. The normalized spacial score (nSPS) is 10.9. The van der Waals surface area contributed by atoms with Crippen LogP contribution in [0.4, 0.5) is 5.69 Å². The molecule has 0 spiro atoms. The standard InChI is InChI=1S/C13H9Br2N/c14-11-3-1-10(2-4-11)9-16-13-7-5-12(15)6-8-13/h1-9H. The third kappa shape index (κ3) is 3.29. The first-order chi connectivity index (χ1) is 7.74. The van der Waals surface area contributed by atoms with E-state index in [1.807, 2.05) is 54.7 Å². The number of nitrogens with zero attached hydrogens (tertiary/aromatic N) is 1. The van der Waals surface area contributed by atoms with E-state index in [0.717, 1.165) is 20.2 Å². The van der Waals surface area contributed by atoms with Gasteiger partial charge >= 0.3 is 0 Å². The lowest BCUT2D eigenvalue weighted by atomic mass is 10.2. The van der Waals surface area contributed by atoms with Gasteiger partial charge in [-0.3, -0.25) is 4.99 Å². The molecule has 2 rings (SSSR count). The first-order valence-corrected chi connectivity index (χ1v) is 6.38. The summed E-state index contributed by atoms with van der Waals surface area (Å²) in [7, 11) is 0. The molecule has 0 aromatic heterocycles. The van der Waals surface area contributed by atoms with Crippen molar-refractivity contribution in [2.45, 2.75) is 0 Å². The molecule has 0 unspecified atom stereocenters. The Labute approximate surface area is 111 Å². The number of benzene rings is 2. The van der Waals surface area contributed by atoms with Gasteiger partial charge in [0.2, 0.25) is 0 Å². The van der Waals surface area contributed by atoms with E-state index in [4.69, 9.17) is 0 Å². The molecule has 0 N–H and O–H groups in total. The van der Waals surface area contributed by atoms with Crippen LogP contribution in [0.3, 0.4) is 0 Å². The molecule has 0 saturated heterocycles. The van der Waals surface area contributed by atoms with Crippen LogP contribution in [0.1, 0.15) is 5.56 Å². The molecular weight excluding hydrogens is 330 g/mol. The van der Waals surface area contributed by atoms with Crippen LogP contribution >= 0.6 is 31.9 Å². The van der Waals surface area contributed by atoms with E-state index >= 15 is 0 Å². The second kappa shape index (κ2) is 5.41. The van der Waals surface area contributed by atoms with Gasteiger partial charge in [-0.2, -0.15) is 0 Å². The van der Waals surface area contributed by atoms with E-state index in [0.29, 0.717) is 0 Å². The van der Waals surface area contributed by atoms with Crippen molar-refractivity contribution in [3.8, 4) is 0 Å². The SMILES string of the molecule is Brc1ccc(C=Nc2ccc(Br)cc2)cc1. The Hall–Kier alpha value is -0.930. The average molecular weight is 339 g/mol. The van der Waals surface area contributed by atoms with Gasteiger partial charge in [-0.15, -0.1) is 0 Å². The van der Waals surface area contributed by atoms with Crippen LogP contribution in [0.15, 0.2) is 62.5 Å². The predicted molar refractivity (Wildman–Crippen MR) is 75.5 cm³/mol. The van der Waals surface area contributed by atoms with Crippen molar-refractivity contribution in [2.75, 3.05) is 0 Å². The molecule has 0 radical (unpaired) electrons. The molecule has 0 atom stereocenters. The van der Waals surface area contributed by atoms with E-state index in [1.165, 1.54) is 0 Å². The van der Waals surface area contributed by atoms with Crippen molar-refractivity contribution < 1.29 is 0 Å². The van der Waals surface area contributed by atoms with Crippen molar-refractivity contribution in [3.05, 3.63) is 63.0 Å². The highest BCUT2D eigenvalue weighted by Gasteiger charge is 1.90. The number of aliphatic imine (C=N–C) groups is 1. The van der Waals surface area contributed by atoms with E-state index < -0.39 is 0 Å². The Bertz CT molecular complexity index is 439. The molecule has 2 aromatic rings. The summed E-state index contributed by atoms with van der Waals surface area (Å²) in [6.45, 7) is 0. The summed E-state index contributed by atoms with van der Waals surface area (Å²) in [5.74, 6) is 0. The maximum atomic E-state index is 4.39. The number of halogens is 2. The monoisotopic (exact) mass is 337 g/mol. The summed E-state index contributed by atoms with van der Waals surface area (Å²) in [5.41, 5.74) is 2.04. The maximum Gasteiger partial charge on any atom is 0.0630 e. The first kappa shape index (κ1) is 11.6.